The molecule has 3 rings (SSSR count). The number of nitrogens with one attached hydrogen (secondary N) is 1. The zero-order chi connectivity index (χ0) is 14.8. The lowest BCUT2D eigenvalue weighted by molar-refractivity contribution is -0.123. The first-order chi connectivity index (χ1) is 10.1. The molecule has 0 aromatic heterocycles. The molecule has 0 spiro atoms. The maximum absolute atomic E-state index is 12.9. The van der Waals surface area contributed by atoms with Crippen LogP contribution >= 0.6 is 0 Å². The van der Waals surface area contributed by atoms with Gasteiger partial charge in [0.1, 0.15) is 5.82 Å². The molecule has 2 aromatic rings. The van der Waals surface area contributed by atoms with Crippen LogP contribution in [0.1, 0.15) is 5.56 Å². The van der Waals surface area contributed by atoms with Crippen molar-refractivity contribution in [2.24, 2.45) is 0 Å². The Kier molecular flexibility index (Phi) is 3.36. The molecular weight excluding hydrogens is 269 g/mol. The molecule has 0 bridgehead atoms. The second-order valence-electron chi connectivity index (χ2n) is 4.87. The second kappa shape index (κ2) is 5.32. The number of halogens is 1. The number of imide groups is 1. The normalized spacial score (nSPS) is 14.0. The van der Waals surface area contributed by atoms with Crippen LogP contribution in [0.2, 0.25) is 0 Å². The van der Waals surface area contributed by atoms with Gasteiger partial charge in [-0.2, -0.15) is 0 Å². The summed E-state index contributed by atoms with van der Waals surface area (Å²) >= 11 is 0. The summed E-state index contributed by atoms with van der Waals surface area (Å²) in [6.45, 7) is 0. The van der Waals surface area contributed by atoms with Crippen LogP contribution in [0.25, 0.3) is 11.1 Å². The van der Waals surface area contributed by atoms with E-state index in [2.05, 4.69) is 5.32 Å². The molecule has 0 fully saturated rings. The van der Waals surface area contributed by atoms with Crippen molar-refractivity contribution in [3.05, 3.63) is 71.6 Å². The Morgan fingerprint density at radius 3 is 2.38 bits per heavy atom. The summed E-state index contributed by atoms with van der Waals surface area (Å²) in [5.41, 5.74) is 3.22. The molecule has 3 nitrogen and oxygen atoms in total. The fraction of sp³-hybridized carbons (Fsp3) is 0.0588. The van der Waals surface area contributed by atoms with Gasteiger partial charge in [0.25, 0.3) is 11.8 Å². The molecule has 104 valence electrons. The number of rotatable bonds is 3. The quantitative estimate of drug-likeness (QED) is 0.879. The van der Waals surface area contributed by atoms with Crippen LogP contribution in [0.15, 0.2) is 60.2 Å². The highest BCUT2D eigenvalue weighted by atomic mass is 19.1. The first-order valence-electron chi connectivity index (χ1n) is 6.52. The van der Waals surface area contributed by atoms with E-state index < -0.39 is 0 Å². The SMILES string of the molecule is O=C1C=C(Cc2cccc(-c3ccc(F)cc3)c2)C(=O)N1. The second-order valence-corrected chi connectivity index (χ2v) is 4.87. The number of carbonyl (C=O) groups excluding carboxylic acids is 2. The molecule has 0 atom stereocenters. The molecule has 2 amide bonds. The molecule has 4 heteroatoms. The summed E-state index contributed by atoms with van der Waals surface area (Å²) < 4.78 is 12.9. The van der Waals surface area contributed by atoms with Gasteiger partial charge in [-0.3, -0.25) is 14.9 Å². The van der Waals surface area contributed by atoms with Crippen LogP contribution in [-0.2, 0) is 16.0 Å². The van der Waals surface area contributed by atoms with Crippen LogP contribution in [0, 0.1) is 5.82 Å². The average Bonchev–Trinajstić information content (AvgIpc) is 2.78. The zero-order valence-electron chi connectivity index (χ0n) is 11.1. The monoisotopic (exact) mass is 281 g/mol. The van der Waals surface area contributed by atoms with E-state index in [0.717, 1.165) is 16.7 Å². The first kappa shape index (κ1) is 13.2. The van der Waals surface area contributed by atoms with Crippen LogP contribution < -0.4 is 5.32 Å². The van der Waals surface area contributed by atoms with Crippen LogP contribution in [0.3, 0.4) is 0 Å². The maximum Gasteiger partial charge on any atom is 0.254 e. The van der Waals surface area contributed by atoms with Gasteiger partial charge in [-0.25, -0.2) is 4.39 Å². The molecule has 1 aliphatic heterocycles. The number of hydrogen-bond acceptors (Lipinski definition) is 2. The van der Waals surface area contributed by atoms with Crippen molar-refractivity contribution in [1.82, 2.24) is 5.32 Å². The lowest BCUT2D eigenvalue weighted by atomic mass is 9.99. The molecule has 0 saturated heterocycles. The van der Waals surface area contributed by atoms with Gasteiger partial charge >= 0.3 is 0 Å². The molecule has 0 unspecified atom stereocenters. The fourth-order valence-corrected chi connectivity index (χ4v) is 2.31. The molecule has 1 N–H and O–H groups in total. The summed E-state index contributed by atoms with van der Waals surface area (Å²) in [7, 11) is 0. The third-order valence-corrected chi connectivity index (χ3v) is 3.33. The van der Waals surface area contributed by atoms with E-state index in [4.69, 9.17) is 0 Å². The van der Waals surface area contributed by atoms with Gasteiger partial charge in [0, 0.05) is 18.1 Å². The van der Waals surface area contributed by atoms with Gasteiger partial charge in [0.15, 0.2) is 0 Å². The van der Waals surface area contributed by atoms with Crippen molar-refractivity contribution in [3.63, 3.8) is 0 Å². The van der Waals surface area contributed by atoms with Gasteiger partial charge in [-0.15, -0.1) is 0 Å². The maximum atomic E-state index is 12.9. The third-order valence-electron chi connectivity index (χ3n) is 3.33. The van der Waals surface area contributed by atoms with E-state index in [1.165, 1.54) is 18.2 Å². The Bertz CT molecular complexity index is 748. The smallest absolute Gasteiger partial charge is 0.254 e. The van der Waals surface area contributed by atoms with Gasteiger partial charge in [0.2, 0.25) is 0 Å². The average molecular weight is 281 g/mol. The van der Waals surface area contributed by atoms with Gasteiger partial charge in [-0.05, 0) is 28.8 Å². The standard InChI is InChI=1S/C17H12FNO2/c18-15-6-4-12(5-7-15)13-3-1-2-11(8-13)9-14-10-16(20)19-17(14)21/h1-8,10H,9H2,(H,19,20,21). The van der Waals surface area contributed by atoms with Crippen molar-refractivity contribution in [2.75, 3.05) is 0 Å². The molecule has 0 aliphatic carbocycles. The van der Waals surface area contributed by atoms with Gasteiger partial charge in [-0.1, -0.05) is 36.4 Å². The summed E-state index contributed by atoms with van der Waals surface area (Å²) in [5.74, 6) is -0.988. The predicted octanol–water partition coefficient (Wildman–Crippen LogP) is 2.62. The Labute approximate surface area is 121 Å². The molecule has 1 aliphatic rings. The van der Waals surface area contributed by atoms with E-state index in [-0.39, 0.29) is 17.6 Å². The topological polar surface area (TPSA) is 46.2 Å². The van der Waals surface area contributed by atoms with Gasteiger partial charge < -0.3 is 0 Å². The Morgan fingerprint density at radius 2 is 1.71 bits per heavy atom. The molecule has 0 radical (unpaired) electrons. The van der Waals surface area contributed by atoms with E-state index in [1.807, 2.05) is 24.3 Å². The molecule has 2 aromatic carbocycles. The molecular formula is C17H12FNO2. The zero-order valence-corrected chi connectivity index (χ0v) is 11.1. The minimum Gasteiger partial charge on any atom is -0.289 e. The first-order valence-corrected chi connectivity index (χ1v) is 6.52. The highest BCUT2D eigenvalue weighted by Gasteiger charge is 2.20. The summed E-state index contributed by atoms with van der Waals surface area (Å²) in [5, 5.41) is 2.23. The lowest BCUT2D eigenvalue weighted by Gasteiger charge is -2.06. The number of carbonyl (C=O) groups is 2. The molecule has 1 heterocycles. The van der Waals surface area contributed by atoms with Crippen molar-refractivity contribution in [2.45, 2.75) is 6.42 Å². The van der Waals surface area contributed by atoms with E-state index in [9.17, 15) is 14.0 Å². The van der Waals surface area contributed by atoms with Crippen molar-refractivity contribution >= 4 is 11.8 Å². The van der Waals surface area contributed by atoms with Gasteiger partial charge in [0.05, 0.1) is 0 Å². The van der Waals surface area contributed by atoms with E-state index in [0.29, 0.717) is 12.0 Å². The summed E-state index contributed by atoms with van der Waals surface area (Å²) in [6.07, 6.45) is 1.72. The summed E-state index contributed by atoms with van der Waals surface area (Å²) in [4.78, 5) is 22.7. The Morgan fingerprint density at radius 1 is 0.952 bits per heavy atom. The van der Waals surface area contributed by atoms with Crippen molar-refractivity contribution in [3.8, 4) is 11.1 Å². The molecule has 0 saturated carbocycles. The summed E-state index contributed by atoms with van der Waals surface area (Å²) in [6, 6.07) is 13.9. The Balaban J connectivity index is 1.87. The lowest BCUT2D eigenvalue weighted by Crippen LogP contribution is -2.22. The molecule has 21 heavy (non-hydrogen) atoms. The highest BCUT2D eigenvalue weighted by Crippen LogP contribution is 2.22. The largest absolute Gasteiger partial charge is 0.289 e. The van der Waals surface area contributed by atoms with Crippen LogP contribution in [0.5, 0.6) is 0 Å². The third kappa shape index (κ3) is 2.89. The highest BCUT2D eigenvalue weighted by molar-refractivity contribution is 6.16. The predicted molar refractivity (Wildman–Crippen MR) is 76.8 cm³/mol. The Hall–Kier alpha value is -2.75. The number of benzene rings is 2. The number of amides is 2. The minimum atomic E-state index is -0.371. The van der Waals surface area contributed by atoms with Crippen LogP contribution in [0.4, 0.5) is 4.39 Å². The van der Waals surface area contributed by atoms with E-state index >= 15 is 0 Å². The fourth-order valence-electron chi connectivity index (χ4n) is 2.31. The minimum absolute atomic E-state index is 0.277. The van der Waals surface area contributed by atoms with E-state index in [1.54, 1.807) is 12.1 Å². The van der Waals surface area contributed by atoms with Crippen LogP contribution in [-0.4, -0.2) is 11.8 Å². The number of hydrogen-bond donors (Lipinski definition) is 1. The van der Waals surface area contributed by atoms with Crippen molar-refractivity contribution < 1.29 is 14.0 Å². The van der Waals surface area contributed by atoms with Crippen molar-refractivity contribution in [1.29, 1.82) is 0 Å².